The lowest BCUT2D eigenvalue weighted by Crippen LogP contribution is -2.40. The van der Waals surface area contributed by atoms with Gasteiger partial charge in [-0.25, -0.2) is 0 Å². The van der Waals surface area contributed by atoms with Crippen LogP contribution in [0.1, 0.15) is 23.5 Å². The zero-order valence-electron chi connectivity index (χ0n) is 11.1. The van der Waals surface area contributed by atoms with Crippen molar-refractivity contribution in [3.63, 3.8) is 0 Å². The Morgan fingerprint density at radius 1 is 1.30 bits per heavy atom. The molecule has 0 aliphatic carbocycles. The van der Waals surface area contributed by atoms with Crippen LogP contribution in [-0.4, -0.2) is 22.7 Å². The Morgan fingerprint density at radius 3 is 2.60 bits per heavy atom. The second kappa shape index (κ2) is 6.17. The maximum atomic E-state index is 11.9. The van der Waals surface area contributed by atoms with E-state index in [0.29, 0.717) is 5.56 Å². The van der Waals surface area contributed by atoms with Crippen LogP contribution >= 0.6 is 11.3 Å². The first-order chi connectivity index (χ1) is 9.50. The molecule has 1 heterocycles. The van der Waals surface area contributed by atoms with E-state index in [1.165, 1.54) is 11.3 Å². The summed E-state index contributed by atoms with van der Waals surface area (Å²) in [4.78, 5) is 12.7. The molecule has 4 nitrogen and oxygen atoms in total. The van der Waals surface area contributed by atoms with E-state index < -0.39 is 17.6 Å². The van der Waals surface area contributed by atoms with Gasteiger partial charge in [0.25, 0.3) is 5.91 Å². The van der Waals surface area contributed by atoms with Crippen molar-refractivity contribution in [2.75, 3.05) is 6.54 Å². The van der Waals surface area contributed by atoms with Gasteiger partial charge in [-0.3, -0.25) is 4.79 Å². The number of amides is 1. The molecule has 0 saturated heterocycles. The largest absolute Gasteiger partial charge is 0.383 e. The lowest BCUT2D eigenvalue weighted by molar-refractivity contribution is -0.130. The van der Waals surface area contributed by atoms with E-state index in [0.717, 1.165) is 4.88 Å². The summed E-state index contributed by atoms with van der Waals surface area (Å²) in [6.45, 7) is 1.68. The van der Waals surface area contributed by atoms with Crippen LogP contribution < -0.4 is 5.32 Å². The van der Waals surface area contributed by atoms with Gasteiger partial charge in [-0.05, 0) is 23.9 Å². The van der Waals surface area contributed by atoms with Crippen LogP contribution in [-0.2, 0) is 10.4 Å². The summed E-state index contributed by atoms with van der Waals surface area (Å²) in [6.07, 6.45) is -1.23. The summed E-state index contributed by atoms with van der Waals surface area (Å²) in [5, 5.41) is 24.7. The van der Waals surface area contributed by atoms with Crippen molar-refractivity contribution in [2.45, 2.75) is 18.6 Å². The minimum Gasteiger partial charge on any atom is -0.383 e. The standard InChI is InChI=1S/C15H17NO3S/c1-15(19,12-8-5-9-20-12)10-16-14(18)13(17)11-6-3-2-4-7-11/h2-9,13,17,19H,10H2,1H3,(H,16,18). The van der Waals surface area contributed by atoms with Gasteiger partial charge in [0.05, 0.1) is 6.54 Å². The normalized spacial score (nSPS) is 15.3. The number of hydrogen-bond donors (Lipinski definition) is 3. The van der Waals surface area contributed by atoms with Gasteiger partial charge in [0, 0.05) is 4.88 Å². The van der Waals surface area contributed by atoms with Crippen LogP contribution in [0.5, 0.6) is 0 Å². The number of hydrogen-bond acceptors (Lipinski definition) is 4. The number of aliphatic hydroxyl groups is 2. The summed E-state index contributed by atoms with van der Waals surface area (Å²) in [5.74, 6) is -0.520. The molecule has 0 fully saturated rings. The zero-order chi connectivity index (χ0) is 14.6. The smallest absolute Gasteiger partial charge is 0.253 e. The first kappa shape index (κ1) is 14.7. The number of thiophene rings is 1. The van der Waals surface area contributed by atoms with Crippen LogP contribution in [0.4, 0.5) is 0 Å². The molecule has 3 N–H and O–H groups in total. The molecule has 2 unspecified atom stereocenters. The molecule has 1 aromatic carbocycles. The Balaban J connectivity index is 1.96. The van der Waals surface area contributed by atoms with Crippen molar-refractivity contribution in [2.24, 2.45) is 0 Å². The average Bonchev–Trinajstić information content (AvgIpc) is 3.00. The summed E-state index contributed by atoms with van der Waals surface area (Å²) in [7, 11) is 0. The minimum atomic E-state index is -1.23. The number of rotatable bonds is 5. The van der Waals surface area contributed by atoms with E-state index in [1.54, 1.807) is 31.2 Å². The van der Waals surface area contributed by atoms with Gasteiger partial charge in [-0.2, -0.15) is 0 Å². The Hall–Kier alpha value is -1.69. The van der Waals surface area contributed by atoms with Gasteiger partial charge in [0.2, 0.25) is 0 Å². The van der Waals surface area contributed by atoms with Gasteiger partial charge in [-0.1, -0.05) is 36.4 Å². The van der Waals surface area contributed by atoms with Gasteiger partial charge in [0.1, 0.15) is 5.60 Å². The second-order valence-corrected chi connectivity index (χ2v) is 5.73. The van der Waals surface area contributed by atoms with Crippen LogP contribution in [0.15, 0.2) is 47.8 Å². The molecular weight excluding hydrogens is 274 g/mol. The van der Waals surface area contributed by atoms with E-state index in [4.69, 9.17) is 0 Å². The molecule has 0 bridgehead atoms. The number of carbonyl (C=O) groups excluding carboxylic acids is 1. The van der Waals surface area contributed by atoms with Crippen molar-refractivity contribution < 1.29 is 15.0 Å². The highest BCUT2D eigenvalue weighted by Crippen LogP contribution is 2.24. The van der Waals surface area contributed by atoms with Gasteiger partial charge >= 0.3 is 0 Å². The first-order valence-corrected chi connectivity index (χ1v) is 7.16. The summed E-state index contributed by atoms with van der Waals surface area (Å²) < 4.78 is 0. The van der Waals surface area contributed by atoms with Crippen LogP contribution in [0.3, 0.4) is 0 Å². The highest BCUT2D eigenvalue weighted by atomic mass is 32.1. The highest BCUT2D eigenvalue weighted by Gasteiger charge is 2.26. The van der Waals surface area contributed by atoms with E-state index in [1.807, 2.05) is 23.6 Å². The second-order valence-electron chi connectivity index (χ2n) is 4.78. The molecule has 2 aromatic rings. The Morgan fingerprint density at radius 2 is 2.00 bits per heavy atom. The quantitative estimate of drug-likeness (QED) is 0.787. The number of nitrogens with one attached hydrogen (secondary N) is 1. The molecule has 0 aliphatic rings. The lowest BCUT2D eigenvalue weighted by atomic mass is 10.0. The SMILES string of the molecule is CC(O)(CNC(=O)C(O)c1ccccc1)c1cccs1. The van der Waals surface area contributed by atoms with E-state index in [9.17, 15) is 15.0 Å². The highest BCUT2D eigenvalue weighted by molar-refractivity contribution is 7.10. The summed E-state index contributed by atoms with van der Waals surface area (Å²) >= 11 is 1.42. The number of benzene rings is 1. The zero-order valence-corrected chi connectivity index (χ0v) is 11.9. The first-order valence-electron chi connectivity index (χ1n) is 6.28. The van der Waals surface area contributed by atoms with Gasteiger partial charge in [-0.15, -0.1) is 11.3 Å². The fourth-order valence-electron chi connectivity index (χ4n) is 1.81. The fourth-order valence-corrected chi connectivity index (χ4v) is 2.60. The van der Waals surface area contributed by atoms with E-state index in [2.05, 4.69) is 5.32 Å². The minimum absolute atomic E-state index is 0.0518. The van der Waals surface area contributed by atoms with Crippen molar-refractivity contribution in [3.05, 3.63) is 58.3 Å². The maximum Gasteiger partial charge on any atom is 0.253 e. The van der Waals surface area contributed by atoms with E-state index in [-0.39, 0.29) is 6.54 Å². The van der Waals surface area contributed by atoms with Gasteiger partial charge < -0.3 is 15.5 Å². The molecule has 0 spiro atoms. The Kier molecular flexibility index (Phi) is 4.54. The molecule has 1 aromatic heterocycles. The van der Waals surface area contributed by atoms with Crippen molar-refractivity contribution in [1.82, 2.24) is 5.32 Å². The Labute approximate surface area is 121 Å². The van der Waals surface area contributed by atoms with Crippen molar-refractivity contribution >= 4 is 17.2 Å². The predicted octanol–water partition coefficient (Wildman–Crippen LogP) is 1.81. The monoisotopic (exact) mass is 291 g/mol. The molecular formula is C15H17NO3S. The Bertz CT molecular complexity index is 552. The molecule has 0 saturated carbocycles. The fraction of sp³-hybridized carbons (Fsp3) is 0.267. The third kappa shape index (κ3) is 3.45. The topological polar surface area (TPSA) is 69.6 Å². The van der Waals surface area contributed by atoms with Crippen LogP contribution in [0.25, 0.3) is 0 Å². The predicted molar refractivity (Wildman–Crippen MR) is 78.3 cm³/mol. The number of carbonyl (C=O) groups is 1. The third-order valence-corrected chi connectivity index (χ3v) is 4.15. The molecule has 0 aliphatic heterocycles. The molecule has 106 valence electrons. The van der Waals surface area contributed by atoms with Gasteiger partial charge in [0.15, 0.2) is 6.10 Å². The maximum absolute atomic E-state index is 11.9. The molecule has 5 heteroatoms. The van der Waals surface area contributed by atoms with Crippen LogP contribution in [0, 0.1) is 0 Å². The molecule has 2 atom stereocenters. The van der Waals surface area contributed by atoms with Crippen LogP contribution in [0.2, 0.25) is 0 Å². The lowest BCUT2D eigenvalue weighted by Gasteiger charge is -2.23. The molecule has 2 rings (SSSR count). The van der Waals surface area contributed by atoms with Crippen molar-refractivity contribution in [1.29, 1.82) is 0 Å². The number of aliphatic hydroxyl groups excluding tert-OH is 1. The van der Waals surface area contributed by atoms with E-state index >= 15 is 0 Å². The van der Waals surface area contributed by atoms with Crippen molar-refractivity contribution in [3.8, 4) is 0 Å². The third-order valence-electron chi connectivity index (χ3n) is 3.02. The molecule has 0 radical (unpaired) electrons. The summed E-state index contributed by atoms with van der Waals surface area (Å²) in [5.41, 5.74) is -0.610. The molecule has 1 amide bonds. The molecule has 20 heavy (non-hydrogen) atoms. The summed E-state index contributed by atoms with van der Waals surface area (Å²) in [6, 6.07) is 12.3. The average molecular weight is 291 g/mol.